The average molecular weight is 159 g/mol. The molecule has 0 aliphatic carbocycles. The van der Waals surface area contributed by atoms with Gasteiger partial charge in [0.05, 0.1) is 12.5 Å². The van der Waals surface area contributed by atoms with Crippen molar-refractivity contribution in [3.63, 3.8) is 0 Å². The smallest absolute Gasteiger partial charge is 0.0669 e. The fraction of sp³-hybridized carbons (Fsp3) is 0.364. The van der Waals surface area contributed by atoms with E-state index in [1.165, 1.54) is 5.56 Å². The molecule has 12 heavy (non-hydrogen) atoms. The Kier molecular flexibility index (Phi) is 2.88. The van der Waals surface area contributed by atoms with Crippen molar-refractivity contribution in [3.05, 3.63) is 35.4 Å². The molecule has 0 N–H and O–H groups in total. The number of nitrogens with zero attached hydrogens (tertiary/aromatic N) is 1. The Balaban J connectivity index is 2.90. The van der Waals surface area contributed by atoms with Crippen molar-refractivity contribution in [2.24, 2.45) is 0 Å². The van der Waals surface area contributed by atoms with E-state index in [2.05, 4.69) is 32.0 Å². The Morgan fingerprint density at radius 1 is 1.42 bits per heavy atom. The third kappa shape index (κ3) is 2.10. The molecule has 0 saturated carbocycles. The second-order valence-electron chi connectivity index (χ2n) is 3.23. The van der Waals surface area contributed by atoms with E-state index in [4.69, 9.17) is 5.26 Å². The molecular formula is C11H13N. The maximum Gasteiger partial charge on any atom is 0.0669 e. The Labute approximate surface area is 73.6 Å². The van der Waals surface area contributed by atoms with Crippen LogP contribution in [0.5, 0.6) is 0 Å². The number of benzene rings is 1. The van der Waals surface area contributed by atoms with Crippen LogP contribution in [0, 0.1) is 11.3 Å². The molecule has 0 atom stereocenters. The zero-order chi connectivity index (χ0) is 8.97. The van der Waals surface area contributed by atoms with Crippen molar-refractivity contribution >= 4 is 0 Å². The second-order valence-corrected chi connectivity index (χ2v) is 3.23. The quantitative estimate of drug-likeness (QED) is 0.651. The summed E-state index contributed by atoms with van der Waals surface area (Å²) < 4.78 is 0. The van der Waals surface area contributed by atoms with Crippen LogP contribution in [0.2, 0.25) is 0 Å². The lowest BCUT2D eigenvalue weighted by molar-refractivity contribution is 0.864. The molecule has 0 spiro atoms. The van der Waals surface area contributed by atoms with E-state index in [0.29, 0.717) is 12.3 Å². The summed E-state index contributed by atoms with van der Waals surface area (Å²) in [5.74, 6) is 0.545. The molecule has 0 aliphatic heterocycles. The lowest BCUT2D eigenvalue weighted by Crippen LogP contribution is -1.89. The summed E-state index contributed by atoms with van der Waals surface area (Å²) in [5, 5.41) is 8.50. The average Bonchev–Trinajstić information content (AvgIpc) is 2.05. The molecule has 0 aliphatic rings. The maximum atomic E-state index is 8.50. The van der Waals surface area contributed by atoms with E-state index < -0.39 is 0 Å². The molecule has 0 saturated heterocycles. The molecular weight excluding hydrogens is 146 g/mol. The lowest BCUT2D eigenvalue weighted by atomic mass is 10.0. The summed E-state index contributed by atoms with van der Waals surface area (Å²) in [6.45, 7) is 4.32. The van der Waals surface area contributed by atoms with Gasteiger partial charge in [-0.3, -0.25) is 0 Å². The van der Waals surface area contributed by atoms with E-state index in [0.717, 1.165) is 5.56 Å². The molecule has 0 radical (unpaired) electrons. The van der Waals surface area contributed by atoms with E-state index in [1.807, 2.05) is 12.1 Å². The van der Waals surface area contributed by atoms with Gasteiger partial charge in [0, 0.05) is 0 Å². The molecule has 0 bridgehead atoms. The fourth-order valence-corrected chi connectivity index (χ4v) is 1.15. The van der Waals surface area contributed by atoms with E-state index in [9.17, 15) is 0 Å². The number of hydrogen-bond acceptors (Lipinski definition) is 1. The Morgan fingerprint density at radius 3 is 2.75 bits per heavy atom. The highest BCUT2D eigenvalue weighted by molar-refractivity contribution is 5.27. The van der Waals surface area contributed by atoms with Crippen LogP contribution in [0.1, 0.15) is 30.9 Å². The highest BCUT2D eigenvalue weighted by Crippen LogP contribution is 2.15. The molecule has 1 aromatic rings. The van der Waals surface area contributed by atoms with Gasteiger partial charge < -0.3 is 0 Å². The Bertz CT molecular complexity index is 294. The fourth-order valence-electron chi connectivity index (χ4n) is 1.15. The minimum Gasteiger partial charge on any atom is -0.198 e. The molecule has 0 fully saturated rings. The first-order valence-corrected chi connectivity index (χ1v) is 4.20. The van der Waals surface area contributed by atoms with Crippen LogP contribution >= 0.6 is 0 Å². The lowest BCUT2D eigenvalue weighted by Gasteiger charge is -2.05. The predicted octanol–water partition coefficient (Wildman–Crippen LogP) is 2.88. The standard InChI is InChI=1S/C11H13N/c1-9(2)11-5-3-4-10(8-11)6-7-12/h3-5,8-9H,6H2,1-2H3. The first-order chi connectivity index (χ1) is 5.74. The van der Waals surface area contributed by atoms with Gasteiger partial charge >= 0.3 is 0 Å². The minimum atomic E-state index is 0.514. The molecule has 0 amide bonds. The van der Waals surface area contributed by atoms with Crippen molar-refractivity contribution in [2.45, 2.75) is 26.2 Å². The number of hydrogen-bond donors (Lipinski definition) is 0. The normalized spacial score (nSPS) is 9.83. The van der Waals surface area contributed by atoms with Gasteiger partial charge in [0.2, 0.25) is 0 Å². The molecule has 1 nitrogen and oxygen atoms in total. The van der Waals surface area contributed by atoms with Crippen LogP contribution in [-0.4, -0.2) is 0 Å². The Hall–Kier alpha value is -1.29. The molecule has 1 rings (SSSR count). The summed E-state index contributed by atoms with van der Waals surface area (Å²) in [6, 6.07) is 10.4. The van der Waals surface area contributed by atoms with E-state index in [1.54, 1.807) is 0 Å². The summed E-state index contributed by atoms with van der Waals surface area (Å²) in [7, 11) is 0. The van der Waals surface area contributed by atoms with Gasteiger partial charge in [-0.1, -0.05) is 38.1 Å². The van der Waals surface area contributed by atoms with Crippen molar-refractivity contribution in [2.75, 3.05) is 0 Å². The van der Waals surface area contributed by atoms with Crippen molar-refractivity contribution in [3.8, 4) is 6.07 Å². The summed E-state index contributed by atoms with van der Waals surface area (Å²) in [5.41, 5.74) is 2.42. The van der Waals surface area contributed by atoms with E-state index in [-0.39, 0.29) is 0 Å². The predicted molar refractivity (Wildman–Crippen MR) is 49.8 cm³/mol. The van der Waals surface area contributed by atoms with Crippen LogP contribution in [0.25, 0.3) is 0 Å². The van der Waals surface area contributed by atoms with Crippen molar-refractivity contribution in [1.82, 2.24) is 0 Å². The van der Waals surface area contributed by atoms with Crippen molar-refractivity contribution < 1.29 is 0 Å². The van der Waals surface area contributed by atoms with Gasteiger partial charge in [0.1, 0.15) is 0 Å². The Morgan fingerprint density at radius 2 is 2.17 bits per heavy atom. The van der Waals surface area contributed by atoms with Gasteiger partial charge in [-0.25, -0.2) is 0 Å². The molecule has 62 valence electrons. The largest absolute Gasteiger partial charge is 0.198 e. The summed E-state index contributed by atoms with van der Waals surface area (Å²) >= 11 is 0. The van der Waals surface area contributed by atoms with Gasteiger partial charge in [0.25, 0.3) is 0 Å². The summed E-state index contributed by atoms with van der Waals surface area (Å²) in [6.07, 6.45) is 0.514. The first kappa shape index (κ1) is 8.80. The number of rotatable bonds is 2. The molecule has 1 aromatic carbocycles. The molecule has 0 heterocycles. The van der Waals surface area contributed by atoms with Gasteiger partial charge in [0.15, 0.2) is 0 Å². The van der Waals surface area contributed by atoms with Crippen molar-refractivity contribution in [1.29, 1.82) is 5.26 Å². The minimum absolute atomic E-state index is 0.514. The highest BCUT2D eigenvalue weighted by Gasteiger charge is 1.98. The zero-order valence-corrected chi connectivity index (χ0v) is 7.54. The zero-order valence-electron chi connectivity index (χ0n) is 7.54. The van der Waals surface area contributed by atoms with Gasteiger partial charge in [-0.2, -0.15) is 5.26 Å². The third-order valence-corrected chi connectivity index (χ3v) is 1.90. The molecule has 0 unspecified atom stereocenters. The van der Waals surface area contributed by atoms with Gasteiger partial charge in [-0.15, -0.1) is 0 Å². The van der Waals surface area contributed by atoms with E-state index >= 15 is 0 Å². The number of nitriles is 1. The highest BCUT2D eigenvalue weighted by atomic mass is 14.2. The van der Waals surface area contributed by atoms with Crippen LogP contribution < -0.4 is 0 Å². The van der Waals surface area contributed by atoms with Crippen LogP contribution in [0.15, 0.2) is 24.3 Å². The SMILES string of the molecule is CC(C)c1cccc(CC#N)c1. The topological polar surface area (TPSA) is 23.8 Å². The molecule has 1 heteroatoms. The van der Waals surface area contributed by atoms with Crippen LogP contribution in [0.3, 0.4) is 0 Å². The first-order valence-electron chi connectivity index (χ1n) is 4.20. The van der Waals surface area contributed by atoms with Crippen LogP contribution in [-0.2, 0) is 6.42 Å². The molecule has 0 aromatic heterocycles. The third-order valence-electron chi connectivity index (χ3n) is 1.90. The van der Waals surface area contributed by atoms with Crippen LogP contribution in [0.4, 0.5) is 0 Å². The van der Waals surface area contributed by atoms with Gasteiger partial charge in [-0.05, 0) is 17.0 Å². The monoisotopic (exact) mass is 159 g/mol. The summed E-state index contributed by atoms with van der Waals surface area (Å²) in [4.78, 5) is 0. The maximum absolute atomic E-state index is 8.50. The second kappa shape index (κ2) is 3.92.